The van der Waals surface area contributed by atoms with Crippen LogP contribution in [0.3, 0.4) is 0 Å². The van der Waals surface area contributed by atoms with E-state index in [4.69, 9.17) is 11.6 Å². The summed E-state index contributed by atoms with van der Waals surface area (Å²) in [5.74, 6) is -0.178. The van der Waals surface area contributed by atoms with Gasteiger partial charge < -0.3 is 5.32 Å². The molecule has 0 aliphatic carbocycles. The quantitative estimate of drug-likeness (QED) is 0.791. The van der Waals surface area contributed by atoms with Crippen molar-refractivity contribution in [2.24, 2.45) is 0 Å². The summed E-state index contributed by atoms with van der Waals surface area (Å²) in [6, 6.07) is 14.1. The van der Waals surface area contributed by atoms with Gasteiger partial charge in [0.25, 0.3) is 5.91 Å². The van der Waals surface area contributed by atoms with Crippen LogP contribution in [-0.2, 0) is 0 Å². The van der Waals surface area contributed by atoms with E-state index >= 15 is 0 Å². The SMILES string of the molecule is O=C(Nc1cc(Cl)ccc1S)c1ccccc1. The first kappa shape index (κ1) is 12.0. The van der Waals surface area contributed by atoms with Gasteiger partial charge >= 0.3 is 0 Å². The summed E-state index contributed by atoms with van der Waals surface area (Å²) in [5.41, 5.74) is 1.20. The Hall–Kier alpha value is -1.45. The molecule has 0 aromatic heterocycles. The number of rotatable bonds is 2. The van der Waals surface area contributed by atoms with Crippen molar-refractivity contribution in [1.82, 2.24) is 0 Å². The Balaban J connectivity index is 2.22. The molecule has 86 valence electrons. The lowest BCUT2D eigenvalue weighted by Gasteiger charge is -2.08. The normalized spacial score (nSPS) is 10.0. The van der Waals surface area contributed by atoms with E-state index in [9.17, 15) is 4.79 Å². The molecule has 1 N–H and O–H groups in total. The summed E-state index contributed by atoms with van der Waals surface area (Å²) >= 11 is 10.1. The first-order valence-electron chi connectivity index (χ1n) is 5.02. The van der Waals surface area contributed by atoms with Gasteiger partial charge in [-0.05, 0) is 30.3 Å². The maximum absolute atomic E-state index is 11.9. The zero-order valence-electron chi connectivity index (χ0n) is 8.85. The highest BCUT2D eigenvalue weighted by Crippen LogP contribution is 2.24. The zero-order valence-corrected chi connectivity index (χ0v) is 10.5. The summed E-state index contributed by atoms with van der Waals surface area (Å²) in [4.78, 5) is 12.6. The Labute approximate surface area is 110 Å². The van der Waals surface area contributed by atoms with Gasteiger partial charge in [-0.1, -0.05) is 29.8 Å². The maximum atomic E-state index is 11.9. The van der Waals surface area contributed by atoms with Gasteiger partial charge in [0.15, 0.2) is 0 Å². The fourth-order valence-corrected chi connectivity index (χ4v) is 1.76. The maximum Gasteiger partial charge on any atom is 0.255 e. The van der Waals surface area contributed by atoms with Crippen LogP contribution in [0.2, 0.25) is 5.02 Å². The number of halogens is 1. The van der Waals surface area contributed by atoms with E-state index in [1.54, 1.807) is 30.3 Å². The van der Waals surface area contributed by atoms with Crippen LogP contribution in [0, 0.1) is 0 Å². The lowest BCUT2D eigenvalue weighted by Crippen LogP contribution is -2.12. The lowest BCUT2D eigenvalue weighted by molar-refractivity contribution is 0.102. The van der Waals surface area contributed by atoms with Crippen LogP contribution >= 0.6 is 24.2 Å². The predicted molar refractivity (Wildman–Crippen MR) is 73.1 cm³/mol. The van der Waals surface area contributed by atoms with Gasteiger partial charge in [-0.3, -0.25) is 4.79 Å². The molecule has 0 radical (unpaired) electrons. The molecule has 4 heteroatoms. The van der Waals surface area contributed by atoms with Crippen LogP contribution < -0.4 is 5.32 Å². The fourth-order valence-electron chi connectivity index (χ4n) is 1.39. The van der Waals surface area contributed by atoms with Crippen molar-refractivity contribution in [1.29, 1.82) is 0 Å². The fraction of sp³-hybridized carbons (Fsp3) is 0. The van der Waals surface area contributed by atoms with Crippen molar-refractivity contribution in [3.05, 3.63) is 59.1 Å². The first-order valence-corrected chi connectivity index (χ1v) is 5.84. The van der Waals surface area contributed by atoms with Crippen LogP contribution in [0.5, 0.6) is 0 Å². The topological polar surface area (TPSA) is 29.1 Å². The van der Waals surface area contributed by atoms with Gasteiger partial charge in [0, 0.05) is 15.5 Å². The summed E-state index contributed by atoms with van der Waals surface area (Å²) in [6.07, 6.45) is 0. The molecule has 0 aliphatic heterocycles. The van der Waals surface area contributed by atoms with Crippen LogP contribution in [0.1, 0.15) is 10.4 Å². The molecule has 2 aromatic rings. The molecular weight excluding hydrogens is 254 g/mol. The second kappa shape index (κ2) is 5.25. The summed E-state index contributed by atoms with van der Waals surface area (Å²) in [7, 11) is 0. The van der Waals surface area contributed by atoms with E-state index in [0.29, 0.717) is 21.2 Å². The zero-order chi connectivity index (χ0) is 12.3. The van der Waals surface area contributed by atoms with Crippen molar-refractivity contribution < 1.29 is 4.79 Å². The average Bonchev–Trinajstić information content (AvgIpc) is 2.35. The molecule has 0 atom stereocenters. The van der Waals surface area contributed by atoms with E-state index < -0.39 is 0 Å². The number of amides is 1. The van der Waals surface area contributed by atoms with E-state index in [0.717, 1.165) is 0 Å². The highest BCUT2D eigenvalue weighted by Gasteiger charge is 2.07. The number of carbonyl (C=O) groups excluding carboxylic acids is 1. The van der Waals surface area contributed by atoms with Crippen LogP contribution in [0.15, 0.2) is 53.4 Å². The highest BCUT2D eigenvalue weighted by molar-refractivity contribution is 7.80. The number of benzene rings is 2. The lowest BCUT2D eigenvalue weighted by atomic mass is 10.2. The summed E-state index contributed by atoms with van der Waals surface area (Å²) in [6.45, 7) is 0. The molecule has 0 fully saturated rings. The monoisotopic (exact) mass is 263 g/mol. The molecule has 1 amide bonds. The van der Waals surface area contributed by atoms with Gasteiger partial charge in [-0.15, -0.1) is 12.6 Å². The molecule has 0 saturated heterocycles. The van der Waals surface area contributed by atoms with Crippen LogP contribution in [0.4, 0.5) is 5.69 Å². The van der Waals surface area contributed by atoms with E-state index in [1.807, 2.05) is 18.2 Å². The molecule has 2 nitrogen and oxygen atoms in total. The summed E-state index contributed by atoms with van der Waals surface area (Å²) in [5, 5.41) is 3.33. The Bertz CT molecular complexity index is 542. The second-order valence-corrected chi connectivity index (χ2v) is 4.40. The highest BCUT2D eigenvalue weighted by atomic mass is 35.5. The van der Waals surface area contributed by atoms with E-state index in [1.165, 1.54) is 0 Å². The molecule has 0 spiro atoms. The van der Waals surface area contributed by atoms with E-state index in [-0.39, 0.29) is 5.91 Å². The Morgan fingerprint density at radius 1 is 1.12 bits per heavy atom. The Morgan fingerprint density at radius 2 is 1.82 bits per heavy atom. The third-order valence-corrected chi connectivity index (χ3v) is 2.87. The molecule has 0 bridgehead atoms. The van der Waals surface area contributed by atoms with Crippen molar-refractivity contribution in [2.75, 3.05) is 5.32 Å². The molecule has 0 heterocycles. The van der Waals surface area contributed by atoms with Gasteiger partial charge in [-0.25, -0.2) is 0 Å². The third-order valence-electron chi connectivity index (χ3n) is 2.24. The number of nitrogens with one attached hydrogen (secondary N) is 1. The van der Waals surface area contributed by atoms with Crippen LogP contribution in [-0.4, -0.2) is 5.91 Å². The predicted octanol–water partition coefficient (Wildman–Crippen LogP) is 3.88. The van der Waals surface area contributed by atoms with Gasteiger partial charge in [0.1, 0.15) is 0 Å². The van der Waals surface area contributed by atoms with Crippen molar-refractivity contribution >= 4 is 35.8 Å². The molecular formula is C13H10ClNOS. The van der Waals surface area contributed by atoms with Crippen molar-refractivity contribution in [3.8, 4) is 0 Å². The average molecular weight is 264 g/mol. The van der Waals surface area contributed by atoms with Gasteiger partial charge in [-0.2, -0.15) is 0 Å². The summed E-state index contributed by atoms with van der Waals surface area (Å²) < 4.78 is 0. The molecule has 17 heavy (non-hydrogen) atoms. The standard InChI is InChI=1S/C13H10ClNOS/c14-10-6-7-12(17)11(8-10)15-13(16)9-4-2-1-3-5-9/h1-8,17H,(H,15,16). The van der Waals surface area contributed by atoms with Crippen molar-refractivity contribution in [3.63, 3.8) is 0 Å². The minimum Gasteiger partial charge on any atom is -0.321 e. The molecule has 2 aromatic carbocycles. The molecule has 2 rings (SSSR count). The Morgan fingerprint density at radius 3 is 2.53 bits per heavy atom. The first-order chi connectivity index (χ1) is 8.16. The number of hydrogen-bond donors (Lipinski definition) is 2. The largest absolute Gasteiger partial charge is 0.321 e. The number of carbonyl (C=O) groups is 1. The van der Waals surface area contributed by atoms with Gasteiger partial charge in [0.2, 0.25) is 0 Å². The second-order valence-electron chi connectivity index (χ2n) is 3.48. The smallest absolute Gasteiger partial charge is 0.255 e. The van der Waals surface area contributed by atoms with Gasteiger partial charge in [0.05, 0.1) is 5.69 Å². The molecule has 0 saturated carbocycles. The third kappa shape index (κ3) is 3.02. The number of hydrogen-bond acceptors (Lipinski definition) is 2. The minimum absolute atomic E-state index is 0.178. The molecule has 0 aliphatic rings. The van der Waals surface area contributed by atoms with E-state index in [2.05, 4.69) is 17.9 Å². The number of anilines is 1. The Kier molecular flexibility index (Phi) is 3.71. The minimum atomic E-state index is -0.178. The number of thiol groups is 1. The molecule has 0 unspecified atom stereocenters. The van der Waals surface area contributed by atoms with Crippen molar-refractivity contribution in [2.45, 2.75) is 4.90 Å². The van der Waals surface area contributed by atoms with Crippen LogP contribution in [0.25, 0.3) is 0 Å².